The van der Waals surface area contributed by atoms with Gasteiger partial charge in [-0.15, -0.1) is 10.2 Å². The van der Waals surface area contributed by atoms with Crippen molar-refractivity contribution in [3.05, 3.63) is 35.7 Å². The van der Waals surface area contributed by atoms with Gasteiger partial charge in [-0.3, -0.25) is 9.36 Å². The van der Waals surface area contributed by atoms with Crippen LogP contribution in [-0.4, -0.2) is 45.5 Å². The number of aryl methyl sites for hydroxylation is 2. The number of hydrogen-bond acceptors (Lipinski definition) is 6. The molecule has 2 atom stereocenters. The Balaban J connectivity index is 2.06. The molecule has 8 heteroatoms. The van der Waals surface area contributed by atoms with Gasteiger partial charge in [0, 0.05) is 0 Å². The first-order valence-corrected chi connectivity index (χ1v) is 9.83. The van der Waals surface area contributed by atoms with Crippen LogP contribution < -0.4 is 5.32 Å². The van der Waals surface area contributed by atoms with Crippen LogP contribution in [0.5, 0.6) is 0 Å². The second-order valence-corrected chi connectivity index (χ2v) is 7.46. The molecule has 27 heavy (non-hydrogen) atoms. The van der Waals surface area contributed by atoms with E-state index in [0.29, 0.717) is 5.16 Å². The van der Waals surface area contributed by atoms with Crippen LogP contribution in [-0.2, 0) is 14.3 Å². The number of benzene rings is 1. The largest absolute Gasteiger partial charge is 0.467 e. The van der Waals surface area contributed by atoms with Crippen molar-refractivity contribution in [3.8, 4) is 5.69 Å². The number of carbonyl (C=O) groups excluding carboxylic acids is 2. The summed E-state index contributed by atoms with van der Waals surface area (Å²) in [7, 11) is 1.32. The number of methoxy groups -OCH3 is 1. The van der Waals surface area contributed by atoms with Gasteiger partial charge in [0.1, 0.15) is 12.4 Å². The van der Waals surface area contributed by atoms with Crippen LogP contribution in [0.2, 0.25) is 0 Å². The van der Waals surface area contributed by atoms with Crippen molar-refractivity contribution in [2.75, 3.05) is 12.9 Å². The fraction of sp³-hybridized carbons (Fsp3) is 0.474. The molecule has 2 unspecified atom stereocenters. The molecule has 2 aromatic rings. The van der Waals surface area contributed by atoms with E-state index in [-0.39, 0.29) is 17.6 Å². The smallest absolute Gasteiger partial charge is 0.328 e. The summed E-state index contributed by atoms with van der Waals surface area (Å²) in [5, 5.41) is 11.5. The lowest BCUT2D eigenvalue weighted by molar-refractivity contribution is -0.146. The van der Waals surface area contributed by atoms with E-state index < -0.39 is 12.0 Å². The molecule has 2 rings (SSSR count). The fourth-order valence-corrected chi connectivity index (χ4v) is 3.44. The molecule has 0 radical (unpaired) electrons. The highest BCUT2D eigenvalue weighted by Gasteiger charge is 2.26. The highest BCUT2D eigenvalue weighted by molar-refractivity contribution is 7.99. The molecule has 0 spiro atoms. The highest BCUT2D eigenvalue weighted by Crippen LogP contribution is 2.22. The van der Waals surface area contributed by atoms with Crippen molar-refractivity contribution in [1.82, 2.24) is 20.1 Å². The van der Waals surface area contributed by atoms with E-state index in [1.54, 1.807) is 6.33 Å². The van der Waals surface area contributed by atoms with E-state index in [2.05, 4.69) is 21.6 Å². The zero-order valence-electron chi connectivity index (χ0n) is 16.4. The Bertz CT molecular complexity index is 806. The fourth-order valence-electron chi connectivity index (χ4n) is 2.71. The van der Waals surface area contributed by atoms with Crippen molar-refractivity contribution in [2.24, 2.45) is 5.92 Å². The quantitative estimate of drug-likeness (QED) is 0.551. The molecule has 1 amide bonds. The minimum absolute atomic E-state index is 0.00902. The number of thioether (sulfide) groups is 1. The van der Waals surface area contributed by atoms with E-state index in [1.165, 1.54) is 24.4 Å². The molecule has 1 aromatic heterocycles. The van der Waals surface area contributed by atoms with Crippen LogP contribution in [0, 0.1) is 19.8 Å². The molecule has 0 aliphatic heterocycles. The van der Waals surface area contributed by atoms with Gasteiger partial charge in [-0.05, 0) is 31.4 Å². The second-order valence-electron chi connectivity index (χ2n) is 6.52. The van der Waals surface area contributed by atoms with E-state index in [4.69, 9.17) is 4.74 Å². The lowest BCUT2D eigenvalue weighted by Gasteiger charge is -2.21. The predicted octanol–water partition coefficient (Wildman–Crippen LogP) is 2.68. The summed E-state index contributed by atoms with van der Waals surface area (Å²) in [5.41, 5.74) is 3.25. The Morgan fingerprint density at radius 1 is 1.33 bits per heavy atom. The van der Waals surface area contributed by atoms with Gasteiger partial charge in [0.15, 0.2) is 5.16 Å². The van der Waals surface area contributed by atoms with Gasteiger partial charge in [0.25, 0.3) is 0 Å². The molecule has 0 saturated carbocycles. The van der Waals surface area contributed by atoms with Gasteiger partial charge >= 0.3 is 5.97 Å². The molecule has 0 aliphatic rings. The minimum Gasteiger partial charge on any atom is -0.467 e. The van der Waals surface area contributed by atoms with Gasteiger partial charge in [-0.1, -0.05) is 49.7 Å². The van der Waals surface area contributed by atoms with Gasteiger partial charge in [-0.2, -0.15) is 0 Å². The number of hydrogen-bond donors (Lipinski definition) is 1. The maximum Gasteiger partial charge on any atom is 0.328 e. The molecule has 146 valence electrons. The van der Waals surface area contributed by atoms with Crippen LogP contribution in [0.4, 0.5) is 0 Å². The number of rotatable bonds is 8. The number of carbonyl (C=O) groups is 2. The van der Waals surface area contributed by atoms with Crippen LogP contribution in [0.15, 0.2) is 29.7 Å². The van der Waals surface area contributed by atoms with Gasteiger partial charge in [-0.25, -0.2) is 4.79 Å². The predicted molar refractivity (Wildman–Crippen MR) is 105 cm³/mol. The first-order chi connectivity index (χ1) is 12.9. The van der Waals surface area contributed by atoms with E-state index in [9.17, 15) is 9.59 Å². The summed E-state index contributed by atoms with van der Waals surface area (Å²) in [6, 6.07) is 5.47. The lowest BCUT2D eigenvalue weighted by Crippen LogP contribution is -2.46. The van der Waals surface area contributed by atoms with Gasteiger partial charge < -0.3 is 10.1 Å². The van der Waals surface area contributed by atoms with Gasteiger partial charge in [0.2, 0.25) is 5.91 Å². The molecule has 0 bridgehead atoms. The maximum absolute atomic E-state index is 12.4. The molecule has 0 fully saturated rings. The number of aromatic nitrogens is 3. The molecule has 7 nitrogen and oxygen atoms in total. The summed E-state index contributed by atoms with van der Waals surface area (Å²) in [5.74, 6) is -0.551. The number of nitrogens with zero attached hydrogens (tertiary/aromatic N) is 3. The Morgan fingerprint density at radius 2 is 2.07 bits per heavy atom. The monoisotopic (exact) mass is 390 g/mol. The first-order valence-electron chi connectivity index (χ1n) is 8.85. The van der Waals surface area contributed by atoms with E-state index in [0.717, 1.165) is 17.7 Å². The molecule has 1 heterocycles. The van der Waals surface area contributed by atoms with Crippen LogP contribution in [0.3, 0.4) is 0 Å². The van der Waals surface area contributed by atoms with Crippen molar-refractivity contribution < 1.29 is 14.3 Å². The Labute approximate surface area is 163 Å². The Morgan fingerprint density at radius 3 is 2.70 bits per heavy atom. The SMILES string of the molecule is CCC(C)C(NC(=O)CSc1nncn1-c1ccc(C)cc1C)C(=O)OC. The third-order valence-electron chi connectivity index (χ3n) is 4.45. The summed E-state index contributed by atoms with van der Waals surface area (Å²) in [6.45, 7) is 7.94. The van der Waals surface area contributed by atoms with Crippen molar-refractivity contribution in [2.45, 2.75) is 45.3 Å². The molecule has 0 aliphatic carbocycles. The van der Waals surface area contributed by atoms with Crippen LogP contribution in [0.25, 0.3) is 5.69 Å². The number of esters is 1. The lowest BCUT2D eigenvalue weighted by atomic mass is 9.99. The highest BCUT2D eigenvalue weighted by atomic mass is 32.2. The van der Waals surface area contributed by atoms with Crippen LogP contribution in [0.1, 0.15) is 31.4 Å². The van der Waals surface area contributed by atoms with E-state index >= 15 is 0 Å². The average Bonchev–Trinajstić information content (AvgIpc) is 3.11. The van der Waals surface area contributed by atoms with Gasteiger partial charge in [0.05, 0.1) is 18.6 Å². The molecular weight excluding hydrogens is 364 g/mol. The Kier molecular flexibility index (Phi) is 7.41. The summed E-state index contributed by atoms with van der Waals surface area (Å²) in [4.78, 5) is 24.3. The summed E-state index contributed by atoms with van der Waals surface area (Å²) in [6.07, 6.45) is 2.39. The third-order valence-corrected chi connectivity index (χ3v) is 5.39. The number of nitrogens with one attached hydrogen (secondary N) is 1. The molecule has 0 saturated heterocycles. The van der Waals surface area contributed by atoms with Crippen LogP contribution >= 0.6 is 11.8 Å². The number of ether oxygens (including phenoxy) is 1. The minimum atomic E-state index is -0.648. The topological polar surface area (TPSA) is 86.1 Å². The zero-order valence-corrected chi connectivity index (χ0v) is 17.2. The zero-order chi connectivity index (χ0) is 20.0. The maximum atomic E-state index is 12.4. The van der Waals surface area contributed by atoms with Crippen molar-refractivity contribution >= 4 is 23.6 Å². The standard InChI is InChI=1S/C19H26N4O3S/c1-6-13(3)17(18(25)26-5)21-16(24)10-27-19-22-20-11-23(19)15-8-7-12(2)9-14(15)4/h7-9,11,13,17H,6,10H2,1-5H3,(H,21,24). The average molecular weight is 391 g/mol. The first kappa shape index (κ1) is 21.0. The number of amides is 1. The van der Waals surface area contributed by atoms with E-state index in [1.807, 2.05) is 44.4 Å². The van der Waals surface area contributed by atoms with Crippen molar-refractivity contribution in [1.29, 1.82) is 0 Å². The summed E-state index contributed by atoms with van der Waals surface area (Å²) < 4.78 is 6.66. The molecule has 1 N–H and O–H groups in total. The summed E-state index contributed by atoms with van der Waals surface area (Å²) >= 11 is 1.28. The third kappa shape index (κ3) is 5.32. The Hall–Kier alpha value is -2.35. The molecular formula is C19H26N4O3S. The van der Waals surface area contributed by atoms with Crippen molar-refractivity contribution in [3.63, 3.8) is 0 Å². The normalized spacial score (nSPS) is 13.1. The molecule has 1 aromatic carbocycles. The second kappa shape index (κ2) is 9.55.